The number of ether oxygens (including phenoxy) is 2. The molecule has 0 bridgehead atoms. The summed E-state index contributed by atoms with van der Waals surface area (Å²) in [7, 11) is 1.12. The van der Waals surface area contributed by atoms with E-state index in [1.54, 1.807) is 0 Å². The van der Waals surface area contributed by atoms with Gasteiger partial charge in [0, 0.05) is 6.20 Å². The van der Waals surface area contributed by atoms with E-state index in [0.29, 0.717) is 0 Å². The number of methoxy groups -OCH3 is 2. The van der Waals surface area contributed by atoms with E-state index in [-0.39, 0.29) is 17.4 Å². The molecule has 2 N–H and O–H groups in total. The summed E-state index contributed by atoms with van der Waals surface area (Å²) in [5.41, 5.74) is 0.100. The first-order valence-electron chi connectivity index (χ1n) is 3.50. The first-order chi connectivity index (χ1) is 6.19. The van der Waals surface area contributed by atoms with Crippen LogP contribution in [0.4, 0.5) is 0 Å². The lowest BCUT2D eigenvalue weighted by Crippen LogP contribution is -2.32. The van der Waals surface area contributed by atoms with E-state index >= 15 is 0 Å². The van der Waals surface area contributed by atoms with Crippen molar-refractivity contribution in [2.75, 3.05) is 14.2 Å². The maximum absolute atomic E-state index is 8.85. The number of hydrogen-bond acceptors (Lipinski definition) is 6. The molecule has 13 heavy (non-hydrogen) atoms. The van der Waals surface area contributed by atoms with Crippen LogP contribution in [-0.4, -0.2) is 41.4 Å². The zero-order valence-electron chi connectivity index (χ0n) is 7.26. The van der Waals surface area contributed by atoms with Crippen molar-refractivity contribution < 1.29 is 19.5 Å². The van der Waals surface area contributed by atoms with Gasteiger partial charge in [-0.25, -0.2) is 4.98 Å². The molecule has 1 heterocycles. The van der Waals surface area contributed by atoms with E-state index in [0.717, 1.165) is 0 Å². The van der Waals surface area contributed by atoms with Crippen LogP contribution in [0.5, 0.6) is 11.9 Å². The van der Waals surface area contributed by atoms with Crippen LogP contribution in [0.1, 0.15) is 0 Å². The Kier molecular flexibility index (Phi) is 3.05. The highest BCUT2D eigenvalue weighted by molar-refractivity contribution is 6.59. The van der Waals surface area contributed by atoms with Crippen LogP contribution in [0.15, 0.2) is 6.20 Å². The Labute approximate surface area is 75.3 Å². The lowest BCUT2D eigenvalue weighted by molar-refractivity contribution is 0.351. The van der Waals surface area contributed by atoms with Crippen LogP contribution < -0.4 is 14.9 Å². The number of rotatable bonds is 3. The summed E-state index contributed by atoms with van der Waals surface area (Å²) in [4.78, 5) is 7.45. The second-order valence-electron chi connectivity index (χ2n) is 2.19. The van der Waals surface area contributed by atoms with Gasteiger partial charge in [-0.2, -0.15) is 4.98 Å². The van der Waals surface area contributed by atoms with E-state index in [2.05, 4.69) is 9.97 Å². The molecule has 1 aromatic rings. The van der Waals surface area contributed by atoms with E-state index in [9.17, 15) is 0 Å². The molecule has 0 unspecified atom stereocenters. The second kappa shape index (κ2) is 4.06. The molecule has 0 radical (unpaired) electrons. The molecule has 0 fully saturated rings. The molecular formula is C6H9BN2O4. The highest BCUT2D eigenvalue weighted by atomic mass is 16.5. The fourth-order valence-electron chi connectivity index (χ4n) is 0.799. The number of nitrogens with zero attached hydrogens (tertiary/aromatic N) is 2. The minimum atomic E-state index is -1.65. The Morgan fingerprint density at radius 3 is 2.46 bits per heavy atom. The van der Waals surface area contributed by atoms with Crippen molar-refractivity contribution in [1.29, 1.82) is 0 Å². The summed E-state index contributed by atoms with van der Waals surface area (Å²) < 4.78 is 9.52. The fourth-order valence-corrected chi connectivity index (χ4v) is 0.799. The molecule has 6 nitrogen and oxygen atoms in total. The van der Waals surface area contributed by atoms with Gasteiger partial charge in [0.1, 0.15) is 0 Å². The molecule has 0 saturated carbocycles. The minimum absolute atomic E-state index is 0.0850. The van der Waals surface area contributed by atoms with Gasteiger partial charge < -0.3 is 19.5 Å². The summed E-state index contributed by atoms with van der Waals surface area (Å²) in [5.74, 6) is 0.0850. The Hall–Kier alpha value is -1.34. The van der Waals surface area contributed by atoms with Crippen molar-refractivity contribution in [1.82, 2.24) is 9.97 Å². The van der Waals surface area contributed by atoms with E-state index < -0.39 is 7.12 Å². The molecule has 0 aliphatic rings. The predicted molar refractivity (Wildman–Crippen MR) is 45.0 cm³/mol. The fraction of sp³-hybridized carbons (Fsp3) is 0.333. The van der Waals surface area contributed by atoms with Crippen LogP contribution in [-0.2, 0) is 0 Å². The van der Waals surface area contributed by atoms with Crippen molar-refractivity contribution in [3.05, 3.63) is 6.20 Å². The normalized spacial score (nSPS) is 9.54. The zero-order chi connectivity index (χ0) is 9.84. The zero-order valence-corrected chi connectivity index (χ0v) is 7.26. The Balaban J connectivity index is 3.08. The van der Waals surface area contributed by atoms with Gasteiger partial charge >= 0.3 is 13.1 Å². The van der Waals surface area contributed by atoms with Crippen LogP contribution in [0.3, 0.4) is 0 Å². The van der Waals surface area contributed by atoms with Crippen molar-refractivity contribution in [2.45, 2.75) is 0 Å². The topological polar surface area (TPSA) is 84.7 Å². The van der Waals surface area contributed by atoms with Crippen molar-refractivity contribution in [2.24, 2.45) is 0 Å². The molecule has 0 amide bonds. The molecule has 0 spiro atoms. The van der Waals surface area contributed by atoms with E-state index in [1.807, 2.05) is 0 Å². The summed E-state index contributed by atoms with van der Waals surface area (Å²) in [5, 5.41) is 17.7. The first kappa shape index (κ1) is 9.75. The van der Waals surface area contributed by atoms with Gasteiger partial charge in [0.2, 0.25) is 5.88 Å². The maximum Gasteiger partial charge on any atom is 0.495 e. The highest BCUT2D eigenvalue weighted by Gasteiger charge is 2.19. The SMILES string of the molecule is COc1ncc(B(O)O)c(OC)n1. The average Bonchev–Trinajstić information content (AvgIpc) is 2.16. The molecular weight excluding hydrogens is 175 g/mol. The third-order valence-corrected chi connectivity index (χ3v) is 1.41. The molecule has 0 aliphatic carbocycles. The first-order valence-corrected chi connectivity index (χ1v) is 3.50. The van der Waals surface area contributed by atoms with Gasteiger partial charge in [0.05, 0.1) is 19.7 Å². The predicted octanol–water partition coefficient (Wildman–Crippen LogP) is -1.83. The molecule has 0 aliphatic heterocycles. The van der Waals surface area contributed by atoms with Crippen LogP contribution in [0.25, 0.3) is 0 Å². The van der Waals surface area contributed by atoms with Gasteiger partial charge in [0.25, 0.3) is 0 Å². The quantitative estimate of drug-likeness (QED) is 0.537. The largest absolute Gasteiger partial charge is 0.495 e. The average molecular weight is 184 g/mol. The molecule has 0 saturated heterocycles. The Morgan fingerprint density at radius 1 is 1.31 bits per heavy atom. The standard InChI is InChI=1S/C6H9BN2O4/c1-12-5-4(7(10)11)3-8-6(9-5)13-2/h3,10-11H,1-2H3. The summed E-state index contributed by atoms with van der Waals surface area (Å²) in [6, 6.07) is 0.112. The van der Waals surface area contributed by atoms with Crippen molar-refractivity contribution in [3.63, 3.8) is 0 Å². The van der Waals surface area contributed by atoms with Gasteiger partial charge in [-0.05, 0) is 0 Å². The van der Waals surface area contributed by atoms with Gasteiger partial charge in [0.15, 0.2) is 0 Å². The molecule has 70 valence electrons. The summed E-state index contributed by atoms with van der Waals surface area (Å²) in [6.07, 6.45) is 1.23. The summed E-state index contributed by atoms with van der Waals surface area (Å²) >= 11 is 0. The number of aromatic nitrogens is 2. The Morgan fingerprint density at radius 2 is 2.00 bits per heavy atom. The summed E-state index contributed by atoms with van der Waals surface area (Å²) in [6.45, 7) is 0. The van der Waals surface area contributed by atoms with Crippen LogP contribution >= 0.6 is 0 Å². The minimum Gasteiger partial charge on any atom is -0.481 e. The van der Waals surface area contributed by atoms with Crippen molar-refractivity contribution in [3.8, 4) is 11.9 Å². The monoisotopic (exact) mass is 184 g/mol. The third-order valence-electron chi connectivity index (χ3n) is 1.41. The molecule has 1 aromatic heterocycles. The van der Waals surface area contributed by atoms with E-state index in [1.165, 1.54) is 20.4 Å². The highest BCUT2D eigenvalue weighted by Crippen LogP contribution is 2.06. The number of hydrogen-bond donors (Lipinski definition) is 2. The van der Waals surface area contributed by atoms with Gasteiger partial charge in [-0.3, -0.25) is 0 Å². The van der Waals surface area contributed by atoms with E-state index in [4.69, 9.17) is 19.5 Å². The van der Waals surface area contributed by atoms with Crippen LogP contribution in [0, 0.1) is 0 Å². The lowest BCUT2D eigenvalue weighted by Gasteiger charge is -2.06. The molecule has 7 heteroatoms. The smallest absolute Gasteiger partial charge is 0.481 e. The lowest BCUT2D eigenvalue weighted by atomic mass is 9.82. The Bertz CT molecular complexity index is 294. The van der Waals surface area contributed by atoms with Gasteiger partial charge in [-0.1, -0.05) is 0 Å². The molecule has 1 rings (SSSR count). The third kappa shape index (κ3) is 2.07. The van der Waals surface area contributed by atoms with Crippen molar-refractivity contribution >= 4 is 12.6 Å². The second-order valence-corrected chi connectivity index (χ2v) is 2.19. The van der Waals surface area contributed by atoms with Crippen LogP contribution in [0.2, 0.25) is 0 Å². The maximum atomic E-state index is 8.85. The van der Waals surface area contributed by atoms with Gasteiger partial charge in [-0.15, -0.1) is 0 Å². The molecule has 0 aromatic carbocycles. The molecule has 0 atom stereocenters.